The Bertz CT molecular complexity index is 509. The molecule has 2 rings (SSSR count). The van der Waals surface area contributed by atoms with Gasteiger partial charge >= 0.3 is 0 Å². The molecule has 2 aromatic rings. The van der Waals surface area contributed by atoms with E-state index in [1.54, 1.807) is 0 Å². The fourth-order valence-electron chi connectivity index (χ4n) is 1.12. The third-order valence-electron chi connectivity index (χ3n) is 1.84. The van der Waals surface area contributed by atoms with Gasteiger partial charge in [-0.15, -0.1) is 5.10 Å². The molecule has 0 fully saturated rings. The summed E-state index contributed by atoms with van der Waals surface area (Å²) in [4.78, 5) is 11.6. The molecule has 0 bridgehead atoms. The zero-order valence-corrected chi connectivity index (χ0v) is 8.01. The summed E-state index contributed by atoms with van der Waals surface area (Å²) in [6.07, 6.45) is 0. The fraction of sp³-hybridized carbons (Fsp3) is 0. The lowest BCUT2D eigenvalue weighted by molar-refractivity contribution is 0.102. The Kier molecular flexibility index (Phi) is 2.38. The number of hydrogen-bond donors (Lipinski definition) is 4. The summed E-state index contributed by atoms with van der Waals surface area (Å²) in [5.41, 5.74) is 5.92. The monoisotopic (exact) mass is 220 g/mol. The van der Waals surface area contributed by atoms with Crippen molar-refractivity contribution in [3.63, 3.8) is 0 Å². The zero-order chi connectivity index (χ0) is 11.5. The first-order valence-electron chi connectivity index (χ1n) is 4.30. The second-order valence-electron chi connectivity index (χ2n) is 2.97. The van der Waals surface area contributed by atoms with Gasteiger partial charge in [-0.05, 0) is 23.4 Å². The highest BCUT2D eigenvalue weighted by molar-refractivity contribution is 6.05. The van der Waals surface area contributed by atoms with Crippen molar-refractivity contribution in [3.8, 4) is 5.75 Å². The number of rotatable bonds is 2. The van der Waals surface area contributed by atoms with E-state index in [-0.39, 0.29) is 17.3 Å². The van der Waals surface area contributed by atoms with Gasteiger partial charge in [0.1, 0.15) is 5.75 Å². The normalized spacial score (nSPS) is 10.0. The number of amides is 1. The van der Waals surface area contributed by atoms with Crippen molar-refractivity contribution in [2.45, 2.75) is 0 Å². The van der Waals surface area contributed by atoms with E-state index >= 15 is 0 Å². The molecule has 8 heteroatoms. The number of nitrogens with one attached hydrogen (secondary N) is 2. The molecule has 0 aliphatic heterocycles. The number of carbonyl (C=O) groups is 1. The van der Waals surface area contributed by atoms with Crippen LogP contribution < -0.4 is 11.1 Å². The van der Waals surface area contributed by atoms with E-state index in [1.165, 1.54) is 18.2 Å². The van der Waals surface area contributed by atoms with Crippen molar-refractivity contribution >= 4 is 17.5 Å². The largest absolute Gasteiger partial charge is 0.507 e. The number of carbonyl (C=O) groups excluding carboxylic acids is 1. The summed E-state index contributed by atoms with van der Waals surface area (Å²) in [5, 5.41) is 24.3. The van der Waals surface area contributed by atoms with E-state index in [2.05, 4.69) is 25.9 Å². The van der Waals surface area contributed by atoms with Crippen LogP contribution in [0.25, 0.3) is 0 Å². The number of tetrazole rings is 1. The van der Waals surface area contributed by atoms with Crippen molar-refractivity contribution in [3.05, 3.63) is 23.8 Å². The van der Waals surface area contributed by atoms with E-state index in [9.17, 15) is 9.90 Å². The summed E-state index contributed by atoms with van der Waals surface area (Å²) < 4.78 is 0. The highest BCUT2D eigenvalue weighted by Crippen LogP contribution is 2.20. The number of H-pyrrole nitrogens is 1. The van der Waals surface area contributed by atoms with Crippen LogP contribution in [0.1, 0.15) is 10.4 Å². The summed E-state index contributed by atoms with van der Waals surface area (Å²) in [5.74, 6) is -0.715. The first kappa shape index (κ1) is 9.90. The molecule has 0 aliphatic carbocycles. The molecule has 0 aliphatic rings. The van der Waals surface area contributed by atoms with E-state index in [0.717, 1.165) is 0 Å². The third-order valence-corrected chi connectivity index (χ3v) is 1.84. The number of hydrogen-bond acceptors (Lipinski definition) is 6. The highest BCUT2D eigenvalue weighted by Gasteiger charge is 2.13. The summed E-state index contributed by atoms with van der Waals surface area (Å²) in [6.45, 7) is 0. The number of nitrogen functional groups attached to an aromatic ring is 1. The lowest BCUT2D eigenvalue weighted by Gasteiger charge is -2.04. The maximum Gasteiger partial charge on any atom is 0.270 e. The Morgan fingerprint density at radius 1 is 1.50 bits per heavy atom. The highest BCUT2D eigenvalue weighted by atomic mass is 16.3. The second-order valence-corrected chi connectivity index (χ2v) is 2.97. The lowest BCUT2D eigenvalue weighted by Crippen LogP contribution is -2.13. The van der Waals surface area contributed by atoms with Crippen LogP contribution in [0, 0.1) is 0 Å². The van der Waals surface area contributed by atoms with Crippen LogP contribution in [0.5, 0.6) is 5.75 Å². The molecule has 5 N–H and O–H groups in total. The smallest absolute Gasteiger partial charge is 0.270 e. The van der Waals surface area contributed by atoms with Gasteiger partial charge in [-0.1, -0.05) is 5.10 Å². The predicted octanol–water partition coefficient (Wildman–Crippen LogP) is -0.260. The summed E-state index contributed by atoms with van der Waals surface area (Å²) >= 11 is 0. The maximum atomic E-state index is 11.6. The molecule has 0 saturated carbocycles. The minimum atomic E-state index is -0.564. The molecule has 0 unspecified atom stereocenters. The van der Waals surface area contributed by atoms with Gasteiger partial charge in [-0.25, -0.2) is 0 Å². The van der Waals surface area contributed by atoms with Crippen molar-refractivity contribution in [2.24, 2.45) is 0 Å². The van der Waals surface area contributed by atoms with Crippen LogP contribution in [0.4, 0.5) is 11.6 Å². The lowest BCUT2D eigenvalue weighted by atomic mass is 10.1. The van der Waals surface area contributed by atoms with Crippen LogP contribution in [0.15, 0.2) is 18.2 Å². The first-order valence-corrected chi connectivity index (χ1v) is 4.30. The van der Waals surface area contributed by atoms with Crippen LogP contribution in [-0.4, -0.2) is 31.6 Å². The number of benzene rings is 1. The molecule has 0 spiro atoms. The zero-order valence-electron chi connectivity index (χ0n) is 8.01. The average Bonchev–Trinajstić information content (AvgIpc) is 2.74. The number of anilines is 2. The maximum absolute atomic E-state index is 11.6. The molecule has 0 saturated heterocycles. The Hall–Kier alpha value is -2.64. The molecule has 1 aromatic carbocycles. The molecule has 1 heterocycles. The van der Waals surface area contributed by atoms with E-state index in [0.29, 0.717) is 5.69 Å². The molecular formula is C8H8N6O2. The number of nitrogens with zero attached hydrogens (tertiary/aromatic N) is 3. The van der Waals surface area contributed by atoms with Crippen molar-refractivity contribution < 1.29 is 9.90 Å². The van der Waals surface area contributed by atoms with Gasteiger partial charge < -0.3 is 10.8 Å². The molecule has 16 heavy (non-hydrogen) atoms. The average molecular weight is 220 g/mol. The van der Waals surface area contributed by atoms with Crippen molar-refractivity contribution in [1.82, 2.24) is 20.6 Å². The molecule has 82 valence electrons. The molecule has 0 radical (unpaired) electrons. The van der Waals surface area contributed by atoms with Gasteiger partial charge in [0.2, 0.25) is 0 Å². The van der Waals surface area contributed by atoms with Gasteiger partial charge in [-0.3, -0.25) is 10.1 Å². The van der Waals surface area contributed by atoms with Crippen molar-refractivity contribution in [1.29, 1.82) is 0 Å². The van der Waals surface area contributed by atoms with Crippen LogP contribution in [0.2, 0.25) is 0 Å². The quantitative estimate of drug-likeness (QED) is 0.407. The number of aromatic amines is 1. The first-order chi connectivity index (χ1) is 7.66. The van der Waals surface area contributed by atoms with Crippen LogP contribution in [0.3, 0.4) is 0 Å². The van der Waals surface area contributed by atoms with Crippen LogP contribution >= 0.6 is 0 Å². The van der Waals surface area contributed by atoms with Gasteiger partial charge in [0, 0.05) is 5.69 Å². The number of aromatic nitrogens is 4. The standard InChI is InChI=1S/C8H8N6O2/c9-4-1-2-6(15)5(3-4)7(16)10-8-11-13-14-12-8/h1-3,15H,9H2,(H2,10,11,12,13,14,16). The molecule has 1 aromatic heterocycles. The number of aromatic hydroxyl groups is 1. The topological polar surface area (TPSA) is 130 Å². The minimum absolute atomic E-state index is 0.0202. The van der Waals surface area contributed by atoms with E-state index in [1.807, 2.05) is 0 Å². The molecule has 1 amide bonds. The number of phenolic OH excluding ortho intramolecular Hbond substituents is 1. The van der Waals surface area contributed by atoms with E-state index in [4.69, 9.17) is 5.73 Å². The van der Waals surface area contributed by atoms with Gasteiger partial charge in [0.15, 0.2) is 0 Å². The van der Waals surface area contributed by atoms with Crippen molar-refractivity contribution in [2.75, 3.05) is 11.1 Å². The Morgan fingerprint density at radius 2 is 2.31 bits per heavy atom. The minimum Gasteiger partial charge on any atom is -0.507 e. The number of phenols is 1. The fourth-order valence-corrected chi connectivity index (χ4v) is 1.12. The van der Waals surface area contributed by atoms with Gasteiger partial charge in [0.05, 0.1) is 5.56 Å². The molecule has 8 nitrogen and oxygen atoms in total. The van der Waals surface area contributed by atoms with Crippen LogP contribution in [-0.2, 0) is 0 Å². The second kappa shape index (κ2) is 3.85. The number of nitrogens with two attached hydrogens (primary N) is 1. The predicted molar refractivity (Wildman–Crippen MR) is 54.7 cm³/mol. The Labute approximate surface area is 89.5 Å². The van der Waals surface area contributed by atoms with Gasteiger partial charge in [0.25, 0.3) is 11.9 Å². The van der Waals surface area contributed by atoms with E-state index < -0.39 is 5.91 Å². The SMILES string of the molecule is Nc1ccc(O)c(C(=O)Nc2nn[nH]n2)c1. The Balaban J connectivity index is 2.24. The molecular weight excluding hydrogens is 212 g/mol. The Morgan fingerprint density at radius 3 is 3.00 bits per heavy atom. The summed E-state index contributed by atoms with van der Waals surface area (Å²) in [6, 6.07) is 4.17. The van der Waals surface area contributed by atoms with Gasteiger partial charge in [-0.2, -0.15) is 5.21 Å². The third kappa shape index (κ3) is 1.90. The summed E-state index contributed by atoms with van der Waals surface area (Å²) in [7, 11) is 0. The molecule has 0 atom stereocenters.